The van der Waals surface area contributed by atoms with Crippen LogP contribution in [0, 0.1) is 5.92 Å². The zero-order valence-electron chi connectivity index (χ0n) is 12.8. The summed E-state index contributed by atoms with van der Waals surface area (Å²) >= 11 is 3.59. The van der Waals surface area contributed by atoms with Crippen molar-refractivity contribution in [3.63, 3.8) is 0 Å². The minimum absolute atomic E-state index is 0.527. The Morgan fingerprint density at radius 2 is 1.95 bits per heavy atom. The Labute approximate surface area is 126 Å². The Morgan fingerprint density at radius 1 is 1.26 bits per heavy atom. The molecule has 0 radical (unpaired) electrons. The predicted molar refractivity (Wildman–Crippen MR) is 88.8 cm³/mol. The van der Waals surface area contributed by atoms with Crippen molar-refractivity contribution in [3.05, 3.63) is 28.2 Å². The van der Waals surface area contributed by atoms with Gasteiger partial charge in [-0.05, 0) is 43.5 Å². The van der Waals surface area contributed by atoms with Crippen molar-refractivity contribution in [3.8, 4) is 0 Å². The number of rotatable bonds is 7. The molecule has 0 spiro atoms. The highest BCUT2D eigenvalue weighted by atomic mass is 79.9. The fourth-order valence-corrected chi connectivity index (χ4v) is 2.43. The van der Waals surface area contributed by atoms with Gasteiger partial charge in [0, 0.05) is 29.8 Å². The second kappa shape index (κ2) is 7.91. The molecule has 1 N–H and O–H groups in total. The molecule has 1 rings (SSSR count). The second-order valence-electron chi connectivity index (χ2n) is 5.55. The number of hydrogen-bond acceptors (Lipinski definition) is 2. The van der Waals surface area contributed by atoms with E-state index in [4.69, 9.17) is 0 Å². The van der Waals surface area contributed by atoms with E-state index in [9.17, 15) is 0 Å². The van der Waals surface area contributed by atoms with Crippen LogP contribution in [0.5, 0.6) is 0 Å². The van der Waals surface area contributed by atoms with E-state index < -0.39 is 0 Å². The predicted octanol–water partition coefficient (Wildman–Crippen LogP) is 4.43. The molecule has 2 nitrogen and oxygen atoms in total. The Balaban J connectivity index is 2.92. The van der Waals surface area contributed by atoms with Crippen LogP contribution in [-0.4, -0.2) is 19.6 Å². The Morgan fingerprint density at radius 3 is 2.53 bits per heavy atom. The molecule has 1 aromatic carbocycles. The van der Waals surface area contributed by atoms with E-state index in [1.807, 2.05) is 0 Å². The van der Waals surface area contributed by atoms with Gasteiger partial charge in [-0.2, -0.15) is 0 Å². The molecule has 1 aromatic rings. The van der Waals surface area contributed by atoms with Gasteiger partial charge in [0.05, 0.1) is 0 Å². The highest BCUT2D eigenvalue weighted by molar-refractivity contribution is 9.10. The van der Waals surface area contributed by atoms with Crippen molar-refractivity contribution in [2.24, 2.45) is 5.92 Å². The molecule has 0 aliphatic rings. The summed E-state index contributed by atoms with van der Waals surface area (Å²) in [6, 6.07) is 7.09. The van der Waals surface area contributed by atoms with Gasteiger partial charge in [0.15, 0.2) is 0 Å². The lowest BCUT2D eigenvalue weighted by atomic mass is 10.0. The first-order chi connectivity index (χ1) is 8.97. The van der Waals surface area contributed by atoms with Crippen LogP contribution in [0.25, 0.3) is 0 Å². The lowest BCUT2D eigenvalue weighted by Gasteiger charge is -2.32. The molecule has 108 valence electrons. The first-order valence-corrected chi connectivity index (χ1v) is 7.98. The topological polar surface area (TPSA) is 15.3 Å². The molecule has 0 aliphatic heterocycles. The maximum atomic E-state index is 3.59. The smallest absolute Gasteiger partial charge is 0.0423 e. The molecule has 1 atom stereocenters. The Hall–Kier alpha value is -0.540. The monoisotopic (exact) mass is 326 g/mol. The molecule has 19 heavy (non-hydrogen) atoms. The third-order valence-electron chi connectivity index (χ3n) is 3.75. The van der Waals surface area contributed by atoms with E-state index in [0.29, 0.717) is 12.0 Å². The SMILES string of the molecule is CCCNCc1ccc(Br)cc1N(C)C(C)C(C)C. The molecule has 0 bridgehead atoms. The van der Waals surface area contributed by atoms with E-state index in [1.165, 1.54) is 17.7 Å². The van der Waals surface area contributed by atoms with Gasteiger partial charge in [0.25, 0.3) is 0 Å². The Bertz CT molecular complexity index is 390. The number of halogens is 1. The summed E-state index contributed by atoms with van der Waals surface area (Å²) in [6.07, 6.45) is 1.17. The summed E-state index contributed by atoms with van der Waals surface area (Å²) < 4.78 is 1.14. The Kier molecular flexibility index (Phi) is 6.87. The van der Waals surface area contributed by atoms with Crippen molar-refractivity contribution in [2.45, 2.75) is 46.7 Å². The van der Waals surface area contributed by atoms with Crippen molar-refractivity contribution >= 4 is 21.6 Å². The van der Waals surface area contributed by atoms with Gasteiger partial charge in [-0.3, -0.25) is 0 Å². The van der Waals surface area contributed by atoms with Crippen LogP contribution in [0.3, 0.4) is 0 Å². The molecule has 0 heterocycles. The van der Waals surface area contributed by atoms with E-state index in [2.05, 4.69) is 79.1 Å². The number of benzene rings is 1. The van der Waals surface area contributed by atoms with E-state index >= 15 is 0 Å². The fourth-order valence-electron chi connectivity index (χ4n) is 2.08. The van der Waals surface area contributed by atoms with Crippen LogP contribution in [0.2, 0.25) is 0 Å². The van der Waals surface area contributed by atoms with Gasteiger partial charge < -0.3 is 10.2 Å². The number of nitrogens with zero attached hydrogens (tertiary/aromatic N) is 1. The van der Waals surface area contributed by atoms with Gasteiger partial charge in [0.2, 0.25) is 0 Å². The average Bonchev–Trinajstić information content (AvgIpc) is 2.38. The molecule has 0 saturated heterocycles. The summed E-state index contributed by atoms with van der Waals surface area (Å²) in [5.41, 5.74) is 2.69. The number of hydrogen-bond donors (Lipinski definition) is 1. The van der Waals surface area contributed by atoms with Crippen LogP contribution in [0.15, 0.2) is 22.7 Å². The van der Waals surface area contributed by atoms with Gasteiger partial charge in [-0.25, -0.2) is 0 Å². The molecular weight excluding hydrogens is 300 g/mol. The molecule has 3 heteroatoms. The van der Waals surface area contributed by atoms with Crippen LogP contribution in [0.1, 0.15) is 39.7 Å². The van der Waals surface area contributed by atoms with Crippen molar-refractivity contribution in [2.75, 3.05) is 18.5 Å². The maximum Gasteiger partial charge on any atom is 0.0423 e. The standard InChI is InChI=1S/C16H27BrN2/c1-6-9-18-11-14-7-8-15(17)10-16(14)19(5)13(4)12(2)3/h7-8,10,12-13,18H,6,9,11H2,1-5H3. The molecule has 0 aliphatic carbocycles. The summed E-state index contributed by atoms with van der Waals surface area (Å²) in [6.45, 7) is 11.0. The lowest BCUT2D eigenvalue weighted by molar-refractivity contribution is 0.504. The second-order valence-corrected chi connectivity index (χ2v) is 6.46. The third-order valence-corrected chi connectivity index (χ3v) is 4.24. The van der Waals surface area contributed by atoms with E-state index in [-0.39, 0.29) is 0 Å². The maximum absolute atomic E-state index is 3.59. The number of nitrogens with one attached hydrogen (secondary N) is 1. The minimum Gasteiger partial charge on any atom is -0.371 e. The normalized spacial score (nSPS) is 12.8. The first-order valence-electron chi connectivity index (χ1n) is 7.19. The van der Waals surface area contributed by atoms with E-state index in [1.54, 1.807) is 0 Å². The van der Waals surface area contributed by atoms with Gasteiger partial charge in [0.1, 0.15) is 0 Å². The van der Waals surface area contributed by atoms with Crippen LogP contribution in [0.4, 0.5) is 5.69 Å². The summed E-state index contributed by atoms with van der Waals surface area (Å²) in [5, 5.41) is 3.49. The van der Waals surface area contributed by atoms with Crippen LogP contribution >= 0.6 is 15.9 Å². The highest BCUT2D eigenvalue weighted by Gasteiger charge is 2.16. The minimum atomic E-state index is 0.527. The highest BCUT2D eigenvalue weighted by Crippen LogP contribution is 2.27. The zero-order valence-corrected chi connectivity index (χ0v) is 14.4. The summed E-state index contributed by atoms with van der Waals surface area (Å²) in [7, 11) is 2.19. The van der Waals surface area contributed by atoms with E-state index in [0.717, 1.165) is 17.6 Å². The molecule has 0 aromatic heterocycles. The van der Waals surface area contributed by atoms with Gasteiger partial charge >= 0.3 is 0 Å². The molecule has 0 saturated carbocycles. The summed E-state index contributed by atoms with van der Waals surface area (Å²) in [5.74, 6) is 0.639. The van der Waals surface area contributed by atoms with Crippen molar-refractivity contribution in [1.29, 1.82) is 0 Å². The fraction of sp³-hybridized carbons (Fsp3) is 0.625. The van der Waals surface area contributed by atoms with Gasteiger partial charge in [-0.1, -0.05) is 42.8 Å². The molecule has 0 amide bonds. The first kappa shape index (κ1) is 16.5. The van der Waals surface area contributed by atoms with Crippen LogP contribution < -0.4 is 10.2 Å². The molecule has 1 unspecified atom stereocenters. The summed E-state index contributed by atoms with van der Waals surface area (Å²) in [4.78, 5) is 2.39. The largest absolute Gasteiger partial charge is 0.371 e. The third kappa shape index (κ3) is 4.81. The lowest BCUT2D eigenvalue weighted by Crippen LogP contribution is -2.34. The average molecular weight is 327 g/mol. The van der Waals surface area contributed by atoms with Crippen molar-refractivity contribution in [1.82, 2.24) is 5.32 Å². The van der Waals surface area contributed by atoms with Crippen molar-refractivity contribution < 1.29 is 0 Å². The van der Waals surface area contributed by atoms with Gasteiger partial charge in [-0.15, -0.1) is 0 Å². The molecule has 0 fully saturated rings. The van der Waals surface area contributed by atoms with Crippen LogP contribution in [-0.2, 0) is 6.54 Å². The number of anilines is 1. The quantitative estimate of drug-likeness (QED) is 0.745. The zero-order chi connectivity index (χ0) is 14.4. The molecular formula is C16H27BrN2.